The van der Waals surface area contributed by atoms with E-state index in [0.29, 0.717) is 12.0 Å². The number of anilines is 1. The minimum absolute atomic E-state index is 0.521. The number of rotatable bonds is 7. The van der Waals surface area contributed by atoms with Gasteiger partial charge in [0.2, 0.25) is 0 Å². The second kappa shape index (κ2) is 7.51. The molecule has 0 amide bonds. The van der Waals surface area contributed by atoms with Crippen LogP contribution >= 0.6 is 0 Å². The molecule has 0 radical (unpaired) electrons. The van der Waals surface area contributed by atoms with Gasteiger partial charge in [-0.1, -0.05) is 25.1 Å². The topological polar surface area (TPSA) is 24.5 Å². The minimum atomic E-state index is 0.521. The zero-order valence-corrected chi connectivity index (χ0v) is 12.1. The highest BCUT2D eigenvalue weighted by Gasteiger charge is 2.26. The molecule has 0 aromatic heterocycles. The van der Waals surface area contributed by atoms with Gasteiger partial charge in [-0.2, -0.15) is 0 Å². The van der Waals surface area contributed by atoms with Gasteiger partial charge in [-0.25, -0.2) is 0 Å². The van der Waals surface area contributed by atoms with Gasteiger partial charge >= 0.3 is 0 Å². The molecule has 1 saturated heterocycles. The number of ether oxygens (including phenoxy) is 1. The van der Waals surface area contributed by atoms with E-state index >= 15 is 0 Å². The van der Waals surface area contributed by atoms with Crippen LogP contribution in [-0.4, -0.2) is 38.9 Å². The van der Waals surface area contributed by atoms with Crippen LogP contribution in [0.2, 0.25) is 0 Å². The Kier molecular flexibility index (Phi) is 5.67. The van der Waals surface area contributed by atoms with E-state index in [9.17, 15) is 0 Å². The van der Waals surface area contributed by atoms with Gasteiger partial charge in [0.25, 0.3) is 0 Å². The minimum Gasteiger partial charge on any atom is -0.381 e. The van der Waals surface area contributed by atoms with E-state index in [2.05, 4.69) is 54.4 Å². The summed E-state index contributed by atoms with van der Waals surface area (Å²) in [4.78, 5) is 2.45. The molecule has 3 heteroatoms. The van der Waals surface area contributed by atoms with E-state index in [-0.39, 0.29) is 0 Å². The van der Waals surface area contributed by atoms with Crippen LogP contribution in [0.3, 0.4) is 0 Å². The van der Waals surface area contributed by atoms with Gasteiger partial charge in [-0.05, 0) is 32.0 Å². The third kappa shape index (κ3) is 3.95. The fourth-order valence-corrected chi connectivity index (χ4v) is 2.81. The Labute approximate surface area is 116 Å². The lowest BCUT2D eigenvalue weighted by Crippen LogP contribution is -2.46. The van der Waals surface area contributed by atoms with Gasteiger partial charge in [-0.3, -0.25) is 0 Å². The summed E-state index contributed by atoms with van der Waals surface area (Å²) in [5, 5.41) is 3.64. The Hall–Kier alpha value is -1.06. The van der Waals surface area contributed by atoms with Crippen molar-refractivity contribution in [2.75, 3.05) is 37.7 Å². The Morgan fingerprint density at radius 2 is 2.11 bits per heavy atom. The van der Waals surface area contributed by atoms with Gasteiger partial charge in [-0.15, -0.1) is 0 Å². The lowest BCUT2D eigenvalue weighted by Gasteiger charge is -2.31. The molecule has 19 heavy (non-hydrogen) atoms. The summed E-state index contributed by atoms with van der Waals surface area (Å²) in [6, 6.07) is 11.2. The SMILES string of the molecule is CCNC(CN(CC)c1ccccc1)C1CCOC1. The largest absolute Gasteiger partial charge is 0.381 e. The fourth-order valence-electron chi connectivity index (χ4n) is 2.81. The van der Waals surface area contributed by atoms with Crippen LogP contribution in [0, 0.1) is 5.92 Å². The summed E-state index contributed by atoms with van der Waals surface area (Å²) in [5.41, 5.74) is 1.31. The van der Waals surface area contributed by atoms with Gasteiger partial charge in [0.15, 0.2) is 0 Å². The van der Waals surface area contributed by atoms with Crippen molar-refractivity contribution in [3.63, 3.8) is 0 Å². The van der Waals surface area contributed by atoms with Crippen molar-refractivity contribution < 1.29 is 4.74 Å². The van der Waals surface area contributed by atoms with Crippen molar-refractivity contribution >= 4 is 5.69 Å². The molecule has 0 saturated carbocycles. The highest BCUT2D eigenvalue weighted by atomic mass is 16.5. The number of para-hydroxylation sites is 1. The average Bonchev–Trinajstić information content (AvgIpc) is 2.98. The number of hydrogen-bond acceptors (Lipinski definition) is 3. The first-order chi connectivity index (χ1) is 9.35. The second-order valence-corrected chi connectivity index (χ2v) is 5.16. The Bertz CT molecular complexity index is 349. The molecule has 2 atom stereocenters. The van der Waals surface area contributed by atoms with Gasteiger partial charge in [0.05, 0.1) is 6.61 Å². The molecule has 2 rings (SSSR count). The van der Waals surface area contributed by atoms with E-state index in [1.54, 1.807) is 0 Å². The summed E-state index contributed by atoms with van der Waals surface area (Å²) in [5.74, 6) is 0.651. The van der Waals surface area contributed by atoms with Crippen LogP contribution in [0.25, 0.3) is 0 Å². The highest BCUT2D eigenvalue weighted by molar-refractivity contribution is 5.46. The summed E-state index contributed by atoms with van der Waals surface area (Å²) in [7, 11) is 0. The molecule has 2 unspecified atom stereocenters. The summed E-state index contributed by atoms with van der Waals surface area (Å²) < 4.78 is 5.55. The normalized spacial score (nSPS) is 20.4. The van der Waals surface area contributed by atoms with Crippen LogP contribution in [0.5, 0.6) is 0 Å². The van der Waals surface area contributed by atoms with Crippen molar-refractivity contribution in [2.45, 2.75) is 26.3 Å². The number of likely N-dealkylation sites (N-methyl/N-ethyl adjacent to an activating group) is 2. The number of hydrogen-bond donors (Lipinski definition) is 1. The lowest BCUT2D eigenvalue weighted by molar-refractivity contribution is 0.177. The fraction of sp³-hybridized carbons (Fsp3) is 0.625. The first-order valence-corrected chi connectivity index (χ1v) is 7.46. The van der Waals surface area contributed by atoms with Crippen LogP contribution in [-0.2, 0) is 4.74 Å². The summed E-state index contributed by atoms with van der Waals surface area (Å²) >= 11 is 0. The van der Waals surface area contributed by atoms with Crippen molar-refractivity contribution in [1.29, 1.82) is 0 Å². The van der Waals surface area contributed by atoms with Crippen LogP contribution in [0.4, 0.5) is 5.69 Å². The van der Waals surface area contributed by atoms with E-state index in [1.165, 1.54) is 12.1 Å². The van der Waals surface area contributed by atoms with Crippen LogP contribution in [0.15, 0.2) is 30.3 Å². The molecule has 0 spiro atoms. The first kappa shape index (κ1) is 14.4. The average molecular weight is 262 g/mol. The molecule has 106 valence electrons. The van der Waals surface area contributed by atoms with Gasteiger partial charge in [0.1, 0.15) is 0 Å². The molecule has 1 aliphatic heterocycles. The molecule has 0 bridgehead atoms. The van der Waals surface area contributed by atoms with Gasteiger partial charge < -0.3 is 15.0 Å². The van der Waals surface area contributed by atoms with E-state index in [4.69, 9.17) is 4.74 Å². The molecule has 1 aliphatic rings. The molecule has 3 nitrogen and oxygen atoms in total. The smallest absolute Gasteiger partial charge is 0.0510 e. The second-order valence-electron chi connectivity index (χ2n) is 5.16. The molecule has 1 aromatic carbocycles. The van der Waals surface area contributed by atoms with E-state index in [0.717, 1.165) is 32.8 Å². The Balaban J connectivity index is 2.01. The Morgan fingerprint density at radius 3 is 2.68 bits per heavy atom. The maximum absolute atomic E-state index is 5.55. The van der Waals surface area contributed by atoms with Crippen molar-refractivity contribution in [3.8, 4) is 0 Å². The monoisotopic (exact) mass is 262 g/mol. The molecular formula is C16H26N2O. The third-order valence-corrected chi connectivity index (χ3v) is 3.92. The standard InChI is InChI=1S/C16H26N2O/c1-3-17-16(14-10-11-19-13-14)12-18(4-2)15-8-6-5-7-9-15/h5-9,14,16-17H,3-4,10-13H2,1-2H3. The van der Waals surface area contributed by atoms with Crippen molar-refractivity contribution in [2.24, 2.45) is 5.92 Å². The Morgan fingerprint density at radius 1 is 1.32 bits per heavy atom. The van der Waals surface area contributed by atoms with Crippen molar-refractivity contribution in [1.82, 2.24) is 5.32 Å². The number of nitrogens with zero attached hydrogens (tertiary/aromatic N) is 1. The molecular weight excluding hydrogens is 236 g/mol. The maximum Gasteiger partial charge on any atom is 0.0510 e. The quantitative estimate of drug-likeness (QED) is 0.817. The predicted molar refractivity (Wildman–Crippen MR) is 80.7 cm³/mol. The predicted octanol–water partition coefficient (Wildman–Crippen LogP) is 2.53. The third-order valence-electron chi connectivity index (χ3n) is 3.92. The summed E-state index contributed by atoms with van der Waals surface area (Å²) in [6.45, 7) is 9.35. The molecule has 1 fully saturated rings. The zero-order chi connectivity index (χ0) is 13.5. The van der Waals surface area contributed by atoms with Crippen LogP contribution in [0.1, 0.15) is 20.3 Å². The number of nitrogens with one attached hydrogen (secondary N) is 1. The van der Waals surface area contributed by atoms with E-state index < -0.39 is 0 Å². The van der Waals surface area contributed by atoms with Crippen molar-refractivity contribution in [3.05, 3.63) is 30.3 Å². The van der Waals surface area contributed by atoms with Gasteiger partial charge in [0, 0.05) is 37.3 Å². The molecule has 1 heterocycles. The van der Waals surface area contributed by atoms with Crippen LogP contribution < -0.4 is 10.2 Å². The first-order valence-electron chi connectivity index (χ1n) is 7.46. The molecule has 1 aromatic rings. The summed E-state index contributed by atoms with van der Waals surface area (Å²) in [6.07, 6.45) is 1.18. The number of benzene rings is 1. The lowest BCUT2D eigenvalue weighted by atomic mass is 9.98. The molecule has 1 N–H and O–H groups in total. The zero-order valence-electron chi connectivity index (χ0n) is 12.1. The highest BCUT2D eigenvalue weighted by Crippen LogP contribution is 2.20. The maximum atomic E-state index is 5.55. The van der Waals surface area contributed by atoms with E-state index in [1.807, 2.05) is 0 Å². The molecule has 0 aliphatic carbocycles.